The molecule has 0 saturated carbocycles. The number of imidazole rings is 1. The molecule has 0 fully saturated rings. The van der Waals surface area contributed by atoms with Crippen LogP contribution in [0.5, 0.6) is 0 Å². The number of hydrogen-bond acceptors (Lipinski definition) is 3. The van der Waals surface area contributed by atoms with Gasteiger partial charge in [-0.3, -0.25) is 0 Å². The van der Waals surface area contributed by atoms with Crippen molar-refractivity contribution in [2.75, 3.05) is 0 Å². The Morgan fingerprint density at radius 1 is 1.21 bits per heavy atom. The van der Waals surface area contributed by atoms with Gasteiger partial charge in [0, 0.05) is 0 Å². The maximum Gasteiger partial charge on any atom is 0.230 e. The van der Waals surface area contributed by atoms with Crippen molar-refractivity contribution in [3.05, 3.63) is 36.7 Å². The van der Waals surface area contributed by atoms with Gasteiger partial charge in [0.2, 0.25) is 5.95 Å². The molecule has 14 heavy (non-hydrogen) atoms. The number of aromatic nitrogens is 5. The van der Waals surface area contributed by atoms with E-state index in [0.717, 1.165) is 11.0 Å². The molecule has 0 aliphatic rings. The van der Waals surface area contributed by atoms with Gasteiger partial charge >= 0.3 is 0 Å². The fourth-order valence-corrected chi connectivity index (χ4v) is 1.37. The van der Waals surface area contributed by atoms with Crippen molar-refractivity contribution in [1.29, 1.82) is 0 Å². The number of rotatable bonds is 1. The van der Waals surface area contributed by atoms with E-state index in [1.54, 1.807) is 17.1 Å². The molecule has 0 spiro atoms. The number of fused-ring (bicyclic) bond motifs is 1. The lowest BCUT2D eigenvalue weighted by Crippen LogP contribution is -1.96. The Labute approximate surface area is 79.4 Å². The minimum atomic E-state index is 0.684. The number of para-hydroxylation sites is 2. The molecule has 0 atom stereocenters. The second kappa shape index (κ2) is 2.66. The van der Waals surface area contributed by atoms with E-state index in [4.69, 9.17) is 0 Å². The second-order valence-electron chi connectivity index (χ2n) is 2.93. The lowest BCUT2D eigenvalue weighted by Gasteiger charge is -1.89. The summed E-state index contributed by atoms with van der Waals surface area (Å²) in [5.41, 5.74) is 1.93. The van der Waals surface area contributed by atoms with E-state index in [1.165, 1.54) is 0 Å². The first-order valence-corrected chi connectivity index (χ1v) is 4.25. The minimum Gasteiger partial charge on any atom is -0.322 e. The number of nitrogens with zero attached hydrogens (tertiary/aromatic N) is 4. The van der Waals surface area contributed by atoms with Crippen LogP contribution >= 0.6 is 0 Å². The molecule has 0 radical (unpaired) electrons. The molecule has 1 N–H and O–H groups in total. The van der Waals surface area contributed by atoms with Crippen LogP contribution in [0.3, 0.4) is 0 Å². The summed E-state index contributed by atoms with van der Waals surface area (Å²) < 4.78 is 1.60. The van der Waals surface area contributed by atoms with Crippen LogP contribution in [0.15, 0.2) is 36.7 Å². The monoisotopic (exact) mass is 185 g/mol. The van der Waals surface area contributed by atoms with E-state index in [1.807, 2.05) is 24.3 Å². The van der Waals surface area contributed by atoms with Crippen molar-refractivity contribution in [1.82, 2.24) is 25.0 Å². The summed E-state index contributed by atoms with van der Waals surface area (Å²) in [5.74, 6) is 0.684. The summed E-state index contributed by atoms with van der Waals surface area (Å²) in [6, 6.07) is 7.84. The van der Waals surface area contributed by atoms with Gasteiger partial charge in [-0.1, -0.05) is 17.3 Å². The molecule has 0 saturated heterocycles. The summed E-state index contributed by atoms with van der Waals surface area (Å²) in [6.07, 6.45) is 3.37. The fraction of sp³-hybridized carbons (Fsp3) is 0. The predicted molar refractivity (Wildman–Crippen MR) is 51.0 cm³/mol. The van der Waals surface area contributed by atoms with Crippen LogP contribution in [0, 0.1) is 0 Å². The molecule has 3 aromatic rings. The smallest absolute Gasteiger partial charge is 0.230 e. The average Bonchev–Trinajstić information content (AvgIpc) is 2.86. The summed E-state index contributed by atoms with van der Waals surface area (Å²) in [5, 5.41) is 7.58. The third-order valence-electron chi connectivity index (χ3n) is 2.02. The largest absolute Gasteiger partial charge is 0.322 e. The zero-order valence-electron chi connectivity index (χ0n) is 7.25. The van der Waals surface area contributed by atoms with Gasteiger partial charge in [0.1, 0.15) is 0 Å². The standard InChI is InChI=1S/C9H7N5/c1-2-4-8-7(3-1)11-9(12-8)14-6-5-10-13-14/h1-6H,(H,11,12). The third kappa shape index (κ3) is 0.990. The average molecular weight is 185 g/mol. The summed E-state index contributed by atoms with van der Waals surface area (Å²) in [6.45, 7) is 0. The van der Waals surface area contributed by atoms with E-state index < -0.39 is 0 Å². The normalized spacial score (nSPS) is 10.9. The number of aromatic amines is 1. The molecule has 2 aromatic heterocycles. The van der Waals surface area contributed by atoms with Gasteiger partial charge in [0.15, 0.2) is 0 Å². The summed E-state index contributed by atoms with van der Waals surface area (Å²) in [4.78, 5) is 7.51. The Balaban J connectivity index is 2.24. The highest BCUT2D eigenvalue weighted by Gasteiger charge is 2.03. The highest BCUT2D eigenvalue weighted by atomic mass is 15.5. The van der Waals surface area contributed by atoms with Gasteiger partial charge in [-0.05, 0) is 12.1 Å². The van der Waals surface area contributed by atoms with Crippen molar-refractivity contribution in [2.24, 2.45) is 0 Å². The number of nitrogens with one attached hydrogen (secondary N) is 1. The van der Waals surface area contributed by atoms with E-state index in [9.17, 15) is 0 Å². The number of hydrogen-bond donors (Lipinski definition) is 1. The van der Waals surface area contributed by atoms with Crippen LogP contribution in [0.2, 0.25) is 0 Å². The van der Waals surface area contributed by atoms with Gasteiger partial charge in [-0.2, -0.15) is 4.68 Å². The molecule has 0 aliphatic heterocycles. The first kappa shape index (κ1) is 7.25. The van der Waals surface area contributed by atoms with E-state index in [-0.39, 0.29) is 0 Å². The van der Waals surface area contributed by atoms with Gasteiger partial charge in [0.25, 0.3) is 0 Å². The van der Waals surface area contributed by atoms with Crippen LogP contribution in [0.4, 0.5) is 0 Å². The fourth-order valence-electron chi connectivity index (χ4n) is 1.37. The van der Waals surface area contributed by atoms with Crippen molar-refractivity contribution in [3.63, 3.8) is 0 Å². The van der Waals surface area contributed by atoms with E-state index in [0.29, 0.717) is 5.95 Å². The maximum absolute atomic E-state index is 4.36. The van der Waals surface area contributed by atoms with Gasteiger partial charge in [-0.25, -0.2) is 4.98 Å². The van der Waals surface area contributed by atoms with E-state index >= 15 is 0 Å². The predicted octanol–water partition coefficient (Wildman–Crippen LogP) is 1.14. The Hall–Kier alpha value is -2.17. The Morgan fingerprint density at radius 2 is 2.14 bits per heavy atom. The van der Waals surface area contributed by atoms with Crippen LogP contribution in [0.25, 0.3) is 17.0 Å². The van der Waals surface area contributed by atoms with Crippen molar-refractivity contribution in [3.8, 4) is 5.95 Å². The highest BCUT2D eigenvalue weighted by Crippen LogP contribution is 2.11. The van der Waals surface area contributed by atoms with Crippen LogP contribution in [0.1, 0.15) is 0 Å². The van der Waals surface area contributed by atoms with Gasteiger partial charge < -0.3 is 4.98 Å². The molecule has 0 bridgehead atoms. The van der Waals surface area contributed by atoms with Crippen molar-refractivity contribution >= 4 is 11.0 Å². The molecule has 1 aromatic carbocycles. The molecule has 3 rings (SSSR count). The Bertz CT molecular complexity index is 518. The second-order valence-corrected chi connectivity index (χ2v) is 2.93. The molecular formula is C9H7N5. The van der Waals surface area contributed by atoms with E-state index in [2.05, 4.69) is 20.3 Å². The zero-order chi connectivity index (χ0) is 9.38. The minimum absolute atomic E-state index is 0.684. The molecule has 0 unspecified atom stereocenters. The van der Waals surface area contributed by atoms with Crippen LogP contribution < -0.4 is 0 Å². The number of H-pyrrole nitrogens is 1. The molecule has 5 nitrogen and oxygen atoms in total. The van der Waals surface area contributed by atoms with Gasteiger partial charge in [-0.15, -0.1) is 5.10 Å². The quantitative estimate of drug-likeness (QED) is 0.618. The maximum atomic E-state index is 4.36. The first-order valence-electron chi connectivity index (χ1n) is 4.25. The topological polar surface area (TPSA) is 59.4 Å². The lowest BCUT2D eigenvalue weighted by molar-refractivity contribution is 0.768. The number of benzene rings is 1. The third-order valence-corrected chi connectivity index (χ3v) is 2.02. The molecule has 68 valence electrons. The van der Waals surface area contributed by atoms with Crippen LogP contribution in [-0.2, 0) is 0 Å². The Kier molecular flexibility index (Phi) is 1.38. The highest BCUT2D eigenvalue weighted by molar-refractivity contribution is 5.75. The molecule has 0 amide bonds. The summed E-state index contributed by atoms with van der Waals surface area (Å²) >= 11 is 0. The lowest BCUT2D eigenvalue weighted by atomic mass is 10.3. The molecular weight excluding hydrogens is 178 g/mol. The zero-order valence-corrected chi connectivity index (χ0v) is 7.25. The van der Waals surface area contributed by atoms with Crippen molar-refractivity contribution in [2.45, 2.75) is 0 Å². The first-order chi connectivity index (χ1) is 6.93. The summed E-state index contributed by atoms with van der Waals surface area (Å²) in [7, 11) is 0. The molecule has 5 heteroatoms. The Morgan fingerprint density at radius 3 is 2.93 bits per heavy atom. The SMILES string of the molecule is c1ccc2[nH]c(-n3ccnn3)nc2c1. The van der Waals surface area contributed by atoms with Crippen LogP contribution in [-0.4, -0.2) is 25.0 Å². The van der Waals surface area contributed by atoms with Crippen molar-refractivity contribution < 1.29 is 0 Å². The molecule has 2 heterocycles. The van der Waals surface area contributed by atoms with Gasteiger partial charge in [0.05, 0.1) is 23.4 Å². The molecule has 0 aliphatic carbocycles.